The van der Waals surface area contributed by atoms with E-state index in [0.717, 1.165) is 0 Å². The van der Waals surface area contributed by atoms with E-state index in [1.807, 2.05) is 0 Å². The predicted molar refractivity (Wildman–Crippen MR) is 44.8 cm³/mol. The van der Waals surface area contributed by atoms with Gasteiger partial charge in [0.1, 0.15) is 0 Å². The molecular weight excluding hydrogens is 168 g/mol. The number of benzene rings is 1. The third-order valence-electron chi connectivity index (χ3n) is 1.10. The maximum Gasteiger partial charge on any atom is 0.217 e. The van der Waals surface area contributed by atoms with Gasteiger partial charge < -0.3 is 0 Å². The molecule has 0 radical (unpaired) electrons. The van der Waals surface area contributed by atoms with E-state index in [1.54, 1.807) is 24.3 Å². The first-order valence-electron chi connectivity index (χ1n) is 2.69. The van der Waals surface area contributed by atoms with Gasteiger partial charge in [-0.2, -0.15) is 0 Å². The largest absolute Gasteiger partial charge is 0.282 e. The first-order chi connectivity index (χ1) is 4.72. The Labute approximate surface area is 69.4 Å². The van der Waals surface area contributed by atoms with E-state index in [0.29, 0.717) is 10.6 Å². The Hall–Kier alpha value is -0.470. The SMILES string of the molecule is O=C(S)c1ccccc1Cl. The van der Waals surface area contributed by atoms with E-state index < -0.39 is 0 Å². The summed E-state index contributed by atoms with van der Waals surface area (Å²) in [6.45, 7) is 0. The first kappa shape index (κ1) is 7.63. The molecule has 0 atom stereocenters. The van der Waals surface area contributed by atoms with Crippen molar-refractivity contribution in [2.75, 3.05) is 0 Å². The summed E-state index contributed by atoms with van der Waals surface area (Å²) >= 11 is 9.28. The van der Waals surface area contributed by atoms with Crippen LogP contribution < -0.4 is 0 Å². The van der Waals surface area contributed by atoms with Crippen LogP contribution in [0.1, 0.15) is 10.4 Å². The van der Waals surface area contributed by atoms with Gasteiger partial charge in [-0.25, -0.2) is 0 Å². The highest BCUT2D eigenvalue weighted by Crippen LogP contribution is 2.16. The van der Waals surface area contributed by atoms with Gasteiger partial charge >= 0.3 is 0 Å². The lowest BCUT2D eigenvalue weighted by Crippen LogP contribution is -1.88. The minimum Gasteiger partial charge on any atom is -0.282 e. The maximum absolute atomic E-state index is 10.6. The fourth-order valence-corrected chi connectivity index (χ4v) is 1.12. The molecular formula is C7H5ClOS. The number of carbonyl (C=O) groups excluding carboxylic acids is 1. The van der Waals surface area contributed by atoms with E-state index in [1.165, 1.54) is 0 Å². The Balaban J connectivity index is 3.15. The Bertz CT molecular complexity index is 260. The number of hydrogen-bond acceptors (Lipinski definition) is 1. The van der Waals surface area contributed by atoms with Gasteiger partial charge in [-0.1, -0.05) is 23.7 Å². The van der Waals surface area contributed by atoms with Crippen LogP contribution in [0.15, 0.2) is 24.3 Å². The highest BCUT2D eigenvalue weighted by atomic mass is 35.5. The number of rotatable bonds is 1. The van der Waals surface area contributed by atoms with Crippen molar-refractivity contribution >= 4 is 29.3 Å². The van der Waals surface area contributed by atoms with Gasteiger partial charge in [-0.3, -0.25) is 4.79 Å². The van der Waals surface area contributed by atoms with Crippen molar-refractivity contribution < 1.29 is 4.79 Å². The number of halogens is 1. The Morgan fingerprint density at radius 1 is 1.40 bits per heavy atom. The molecule has 3 heteroatoms. The Morgan fingerprint density at radius 3 is 2.40 bits per heavy atom. The fraction of sp³-hybridized carbons (Fsp3) is 0. The van der Waals surface area contributed by atoms with Crippen LogP contribution in [0.3, 0.4) is 0 Å². The molecule has 0 spiro atoms. The van der Waals surface area contributed by atoms with Crippen molar-refractivity contribution in [1.29, 1.82) is 0 Å². The molecule has 1 rings (SSSR count). The summed E-state index contributed by atoms with van der Waals surface area (Å²) in [7, 11) is 0. The number of hydrogen-bond donors (Lipinski definition) is 1. The zero-order chi connectivity index (χ0) is 7.56. The average Bonchev–Trinajstić information content (AvgIpc) is 1.88. The summed E-state index contributed by atoms with van der Waals surface area (Å²) in [5.41, 5.74) is 0.451. The van der Waals surface area contributed by atoms with E-state index in [4.69, 9.17) is 11.6 Å². The van der Waals surface area contributed by atoms with Crippen molar-refractivity contribution in [3.05, 3.63) is 34.9 Å². The second-order valence-electron chi connectivity index (χ2n) is 1.78. The Morgan fingerprint density at radius 2 is 2.00 bits per heavy atom. The molecule has 10 heavy (non-hydrogen) atoms. The smallest absolute Gasteiger partial charge is 0.217 e. The van der Waals surface area contributed by atoms with E-state index in [-0.39, 0.29) is 5.12 Å². The lowest BCUT2D eigenvalue weighted by molar-refractivity contribution is 0.109. The fourth-order valence-electron chi connectivity index (χ4n) is 0.635. The average molecular weight is 173 g/mol. The number of carbonyl (C=O) groups is 1. The third-order valence-corrected chi connectivity index (χ3v) is 1.67. The minimum absolute atomic E-state index is 0.300. The Kier molecular flexibility index (Phi) is 2.35. The van der Waals surface area contributed by atoms with Crippen LogP contribution in [-0.2, 0) is 0 Å². The molecule has 0 aliphatic rings. The standard InChI is InChI=1S/C7H5ClOS/c8-6-4-2-1-3-5(6)7(9)10/h1-4H,(H,9,10). The maximum atomic E-state index is 10.6. The zero-order valence-electron chi connectivity index (χ0n) is 5.04. The third kappa shape index (κ3) is 1.52. The highest BCUT2D eigenvalue weighted by Gasteiger charge is 2.02. The molecule has 0 heterocycles. The second-order valence-corrected chi connectivity index (χ2v) is 2.60. The quantitative estimate of drug-likeness (QED) is 0.644. The lowest BCUT2D eigenvalue weighted by atomic mass is 10.2. The molecule has 0 aliphatic heterocycles. The van der Waals surface area contributed by atoms with Crippen molar-refractivity contribution in [3.63, 3.8) is 0 Å². The van der Waals surface area contributed by atoms with E-state index in [9.17, 15) is 4.79 Å². The van der Waals surface area contributed by atoms with Gasteiger partial charge in [0.15, 0.2) is 0 Å². The van der Waals surface area contributed by atoms with Crippen LogP contribution in [0.4, 0.5) is 0 Å². The molecule has 0 saturated carbocycles. The summed E-state index contributed by atoms with van der Waals surface area (Å²) in [6, 6.07) is 6.81. The lowest BCUT2D eigenvalue weighted by Gasteiger charge is -1.94. The normalized spacial score (nSPS) is 9.40. The van der Waals surface area contributed by atoms with Crippen molar-refractivity contribution in [3.8, 4) is 0 Å². The molecule has 0 bridgehead atoms. The van der Waals surface area contributed by atoms with Crippen molar-refractivity contribution in [2.45, 2.75) is 0 Å². The van der Waals surface area contributed by atoms with E-state index in [2.05, 4.69) is 12.6 Å². The van der Waals surface area contributed by atoms with Crippen LogP contribution in [0.5, 0.6) is 0 Å². The zero-order valence-corrected chi connectivity index (χ0v) is 6.69. The predicted octanol–water partition coefficient (Wildman–Crippen LogP) is 2.41. The van der Waals surface area contributed by atoms with Crippen LogP contribution in [-0.4, -0.2) is 5.12 Å². The van der Waals surface area contributed by atoms with Crippen LogP contribution in [0.2, 0.25) is 5.02 Å². The van der Waals surface area contributed by atoms with E-state index >= 15 is 0 Å². The second kappa shape index (κ2) is 3.08. The van der Waals surface area contributed by atoms with Gasteiger partial charge in [0.2, 0.25) is 5.12 Å². The summed E-state index contributed by atoms with van der Waals surface area (Å²) in [5, 5.41) is 0.146. The number of thiol groups is 1. The summed E-state index contributed by atoms with van der Waals surface area (Å²) in [4.78, 5) is 10.6. The van der Waals surface area contributed by atoms with Crippen molar-refractivity contribution in [2.24, 2.45) is 0 Å². The minimum atomic E-state index is -0.300. The van der Waals surface area contributed by atoms with Crippen molar-refractivity contribution in [1.82, 2.24) is 0 Å². The van der Waals surface area contributed by atoms with Gasteiger partial charge in [0, 0.05) is 5.56 Å². The first-order valence-corrected chi connectivity index (χ1v) is 3.52. The van der Waals surface area contributed by atoms with Crippen LogP contribution >= 0.6 is 24.2 Å². The molecule has 0 unspecified atom stereocenters. The molecule has 52 valence electrons. The molecule has 0 aromatic heterocycles. The summed E-state index contributed by atoms with van der Waals surface area (Å²) in [5.74, 6) is 0. The molecule has 0 saturated heterocycles. The monoisotopic (exact) mass is 172 g/mol. The van der Waals surface area contributed by atoms with Gasteiger partial charge in [0.05, 0.1) is 5.02 Å². The van der Waals surface area contributed by atoms with Crippen LogP contribution in [0.25, 0.3) is 0 Å². The van der Waals surface area contributed by atoms with Crippen LogP contribution in [0, 0.1) is 0 Å². The summed E-state index contributed by atoms with van der Waals surface area (Å²) < 4.78 is 0. The summed E-state index contributed by atoms with van der Waals surface area (Å²) in [6.07, 6.45) is 0. The molecule has 0 amide bonds. The molecule has 0 fully saturated rings. The molecule has 1 aromatic carbocycles. The highest BCUT2D eigenvalue weighted by molar-refractivity contribution is 7.97. The molecule has 1 nitrogen and oxygen atoms in total. The molecule has 0 aliphatic carbocycles. The van der Waals surface area contributed by atoms with Gasteiger partial charge in [0.25, 0.3) is 0 Å². The molecule has 0 N–H and O–H groups in total. The molecule has 1 aromatic rings. The van der Waals surface area contributed by atoms with Gasteiger partial charge in [-0.15, -0.1) is 12.6 Å². The topological polar surface area (TPSA) is 17.1 Å². The van der Waals surface area contributed by atoms with Gasteiger partial charge in [-0.05, 0) is 12.1 Å².